The minimum Gasteiger partial charge on any atom is -0.496 e. The number of benzene rings is 1. The maximum Gasteiger partial charge on any atom is 0.251 e. The molecule has 3 N–H and O–H groups in total. The Hall–Kier alpha value is -2.88. The molecule has 2 aromatic rings. The van der Waals surface area contributed by atoms with Crippen molar-refractivity contribution in [1.82, 2.24) is 20.5 Å². The van der Waals surface area contributed by atoms with Gasteiger partial charge in [-0.2, -0.15) is 0 Å². The van der Waals surface area contributed by atoms with Crippen molar-refractivity contribution in [2.75, 3.05) is 32.1 Å². The highest BCUT2D eigenvalue weighted by atomic mass is 35.5. The summed E-state index contributed by atoms with van der Waals surface area (Å²) in [5.74, 6) is 0.437. The van der Waals surface area contributed by atoms with Gasteiger partial charge in [0.15, 0.2) is 0 Å². The largest absolute Gasteiger partial charge is 0.496 e. The van der Waals surface area contributed by atoms with Crippen LogP contribution in [0.1, 0.15) is 41.6 Å². The summed E-state index contributed by atoms with van der Waals surface area (Å²) < 4.78 is 5.45. The Morgan fingerprint density at radius 1 is 1.19 bits per heavy atom. The van der Waals surface area contributed by atoms with Crippen molar-refractivity contribution in [3.63, 3.8) is 0 Å². The third-order valence-corrected chi connectivity index (χ3v) is 6.75. The van der Waals surface area contributed by atoms with Crippen molar-refractivity contribution >= 4 is 47.5 Å². The van der Waals surface area contributed by atoms with Crippen LogP contribution in [0, 0.1) is 0 Å². The molecular formula is C25H31Cl2N5O4. The van der Waals surface area contributed by atoms with Crippen LogP contribution in [0.4, 0.5) is 5.82 Å². The summed E-state index contributed by atoms with van der Waals surface area (Å²) in [4.78, 5) is 44.2. The van der Waals surface area contributed by atoms with E-state index in [2.05, 4.69) is 20.9 Å². The number of amides is 3. The Kier molecular flexibility index (Phi) is 9.92. The standard InChI is InChI=1S/C25H30ClN5O4.ClH/c1-35-21-4-2-3-19(20(21)13-23(32)30-22-10-5-16(26)14-28-22)25(34)29-17-6-8-18(9-7-17)31-12-11-27-15-24(31)33;/h2-5,10,14,17-18,27H,6-9,11-13,15H2,1H3,(H,29,34)(H,28,30,32);1H. The van der Waals surface area contributed by atoms with Gasteiger partial charge in [-0.05, 0) is 49.9 Å². The maximum atomic E-state index is 13.2. The molecule has 194 valence electrons. The molecule has 2 aliphatic rings. The summed E-state index contributed by atoms with van der Waals surface area (Å²) in [7, 11) is 1.51. The topological polar surface area (TPSA) is 113 Å². The summed E-state index contributed by atoms with van der Waals surface area (Å²) in [5, 5.41) is 9.42. The second-order valence-electron chi connectivity index (χ2n) is 8.82. The van der Waals surface area contributed by atoms with E-state index in [1.807, 2.05) is 4.90 Å². The van der Waals surface area contributed by atoms with Gasteiger partial charge in [0, 0.05) is 42.5 Å². The Balaban J connectivity index is 0.00000361. The minimum atomic E-state index is -0.320. The van der Waals surface area contributed by atoms with Gasteiger partial charge in [-0.3, -0.25) is 14.4 Å². The van der Waals surface area contributed by atoms with Crippen LogP contribution in [0.15, 0.2) is 36.5 Å². The van der Waals surface area contributed by atoms with Gasteiger partial charge in [-0.1, -0.05) is 17.7 Å². The number of pyridine rings is 1. The summed E-state index contributed by atoms with van der Waals surface area (Å²) in [6.45, 7) is 1.96. The number of rotatable bonds is 7. The molecule has 11 heteroatoms. The van der Waals surface area contributed by atoms with Gasteiger partial charge < -0.3 is 25.6 Å². The highest BCUT2D eigenvalue weighted by molar-refractivity contribution is 6.30. The van der Waals surface area contributed by atoms with Crippen LogP contribution in [-0.4, -0.2) is 66.4 Å². The second kappa shape index (κ2) is 12.9. The van der Waals surface area contributed by atoms with E-state index in [0.29, 0.717) is 34.3 Å². The molecule has 0 unspecified atom stereocenters. The van der Waals surface area contributed by atoms with E-state index in [4.69, 9.17) is 16.3 Å². The molecule has 1 aliphatic carbocycles. The highest BCUT2D eigenvalue weighted by Crippen LogP contribution is 2.26. The summed E-state index contributed by atoms with van der Waals surface area (Å²) in [6, 6.07) is 8.67. The fraction of sp³-hybridized carbons (Fsp3) is 0.440. The van der Waals surface area contributed by atoms with E-state index in [1.54, 1.807) is 30.3 Å². The minimum absolute atomic E-state index is 0. The Labute approximate surface area is 221 Å². The van der Waals surface area contributed by atoms with Crippen LogP contribution in [-0.2, 0) is 16.0 Å². The van der Waals surface area contributed by atoms with E-state index >= 15 is 0 Å². The molecule has 9 nitrogen and oxygen atoms in total. The van der Waals surface area contributed by atoms with Crippen LogP contribution in [0.5, 0.6) is 5.75 Å². The van der Waals surface area contributed by atoms with Gasteiger partial charge in [0.25, 0.3) is 5.91 Å². The number of carbonyl (C=O) groups excluding carboxylic acids is 3. The molecule has 1 aromatic heterocycles. The number of piperazine rings is 1. The van der Waals surface area contributed by atoms with Crippen LogP contribution >= 0.6 is 24.0 Å². The second-order valence-corrected chi connectivity index (χ2v) is 9.25. The number of nitrogens with zero attached hydrogens (tertiary/aromatic N) is 2. The van der Waals surface area contributed by atoms with Gasteiger partial charge in [0.05, 0.1) is 25.1 Å². The van der Waals surface area contributed by atoms with Crippen molar-refractivity contribution < 1.29 is 19.1 Å². The van der Waals surface area contributed by atoms with E-state index in [-0.39, 0.29) is 48.6 Å². The Bertz CT molecular complexity index is 1070. The average Bonchev–Trinajstić information content (AvgIpc) is 2.86. The SMILES string of the molecule is COc1cccc(C(=O)NC2CCC(N3CCNCC3=O)CC2)c1CC(=O)Nc1ccc(Cl)cn1.Cl. The molecule has 2 fully saturated rings. The van der Waals surface area contributed by atoms with Gasteiger partial charge in [0.2, 0.25) is 11.8 Å². The predicted octanol–water partition coefficient (Wildman–Crippen LogP) is 2.82. The number of hydrogen-bond donors (Lipinski definition) is 3. The molecule has 0 atom stereocenters. The number of ether oxygens (including phenoxy) is 1. The molecule has 0 bridgehead atoms. The van der Waals surface area contributed by atoms with Crippen molar-refractivity contribution in [2.24, 2.45) is 0 Å². The van der Waals surface area contributed by atoms with E-state index in [0.717, 1.165) is 38.8 Å². The molecule has 2 heterocycles. The number of methoxy groups -OCH3 is 1. The fourth-order valence-electron chi connectivity index (χ4n) is 4.75. The number of halogens is 2. The zero-order valence-electron chi connectivity index (χ0n) is 20.1. The quantitative estimate of drug-likeness (QED) is 0.502. The molecular weight excluding hydrogens is 505 g/mol. The first-order valence-corrected chi connectivity index (χ1v) is 12.2. The van der Waals surface area contributed by atoms with Crippen LogP contribution < -0.4 is 20.7 Å². The number of anilines is 1. The van der Waals surface area contributed by atoms with E-state index < -0.39 is 0 Å². The van der Waals surface area contributed by atoms with Crippen LogP contribution in [0.2, 0.25) is 5.02 Å². The van der Waals surface area contributed by atoms with Crippen molar-refractivity contribution in [3.05, 3.63) is 52.7 Å². The normalized spacial score (nSPS) is 19.7. The maximum absolute atomic E-state index is 13.2. The van der Waals surface area contributed by atoms with Crippen LogP contribution in [0.25, 0.3) is 0 Å². The first kappa shape index (κ1) is 27.7. The molecule has 3 amide bonds. The first-order valence-electron chi connectivity index (χ1n) is 11.8. The Morgan fingerprint density at radius 2 is 1.97 bits per heavy atom. The lowest BCUT2D eigenvalue weighted by Gasteiger charge is -2.39. The third kappa shape index (κ3) is 6.87. The molecule has 4 rings (SSSR count). The Morgan fingerprint density at radius 3 is 2.64 bits per heavy atom. The van der Waals surface area contributed by atoms with Gasteiger partial charge in [0.1, 0.15) is 11.6 Å². The van der Waals surface area contributed by atoms with Crippen molar-refractivity contribution in [2.45, 2.75) is 44.2 Å². The summed E-state index contributed by atoms with van der Waals surface area (Å²) in [5.41, 5.74) is 0.919. The summed E-state index contributed by atoms with van der Waals surface area (Å²) >= 11 is 5.85. The summed E-state index contributed by atoms with van der Waals surface area (Å²) in [6.07, 6.45) is 4.72. The zero-order valence-corrected chi connectivity index (χ0v) is 21.7. The van der Waals surface area contributed by atoms with Crippen molar-refractivity contribution in [1.29, 1.82) is 0 Å². The lowest BCUT2D eigenvalue weighted by Crippen LogP contribution is -2.54. The molecule has 1 aliphatic heterocycles. The number of nitrogens with one attached hydrogen (secondary N) is 3. The molecule has 0 spiro atoms. The number of aromatic nitrogens is 1. The molecule has 36 heavy (non-hydrogen) atoms. The number of hydrogen-bond acceptors (Lipinski definition) is 6. The van der Waals surface area contributed by atoms with Gasteiger partial charge >= 0.3 is 0 Å². The smallest absolute Gasteiger partial charge is 0.251 e. The predicted molar refractivity (Wildman–Crippen MR) is 140 cm³/mol. The molecule has 1 saturated heterocycles. The lowest BCUT2D eigenvalue weighted by molar-refractivity contribution is -0.135. The lowest BCUT2D eigenvalue weighted by atomic mass is 9.89. The van der Waals surface area contributed by atoms with E-state index in [9.17, 15) is 14.4 Å². The molecule has 0 radical (unpaired) electrons. The van der Waals surface area contributed by atoms with Gasteiger partial charge in [-0.25, -0.2) is 4.98 Å². The molecule has 1 saturated carbocycles. The third-order valence-electron chi connectivity index (χ3n) is 6.53. The monoisotopic (exact) mass is 535 g/mol. The van der Waals surface area contributed by atoms with Crippen LogP contribution in [0.3, 0.4) is 0 Å². The zero-order chi connectivity index (χ0) is 24.8. The number of carbonyl (C=O) groups is 3. The first-order chi connectivity index (χ1) is 16.9. The van der Waals surface area contributed by atoms with E-state index in [1.165, 1.54) is 13.3 Å². The average molecular weight is 536 g/mol. The highest BCUT2D eigenvalue weighted by Gasteiger charge is 2.31. The van der Waals surface area contributed by atoms with Crippen molar-refractivity contribution in [3.8, 4) is 5.75 Å². The molecule has 1 aromatic carbocycles. The fourth-order valence-corrected chi connectivity index (χ4v) is 4.86. The van der Waals surface area contributed by atoms with Gasteiger partial charge in [-0.15, -0.1) is 12.4 Å².